The second kappa shape index (κ2) is 6.07. The molecule has 104 valence electrons. The van der Waals surface area contributed by atoms with E-state index in [1.807, 2.05) is 6.92 Å². The molecule has 0 aromatic rings. The van der Waals surface area contributed by atoms with E-state index in [1.54, 1.807) is 11.8 Å². The van der Waals surface area contributed by atoms with Crippen LogP contribution >= 0.6 is 0 Å². The second-order valence-corrected chi connectivity index (χ2v) is 5.55. The summed E-state index contributed by atoms with van der Waals surface area (Å²) in [5.74, 6) is -0.188. The molecule has 1 rings (SSSR count). The first-order chi connectivity index (χ1) is 8.39. The fourth-order valence-electron chi connectivity index (χ4n) is 1.95. The average Bonchev–Trinajstić information content (AvgIpc) is 2.36. The van der Waals surface area contributed by atoms with E-state index in [4.69, 9.17) is 5.11 Å². The van der Waals surface area contributed by atoms with Gasteiger partial charge in [-0.1, -0.05) is 13.8 Å². The molecule has 1 fully saturated rings. The fourth-order valence-corrected chi connectivity index (χ4v) is 1.95. The molecule has 0 saturated carbocycles. The maximum atomic E-state index is 11.9. The van der Waals surface area contributed by atoms with Crippen LogP contribution in [0.3, 0.4) is 0 Å². The highest BCUT2D eigenvalue weighted by Gasteiger charge is 2.32. The highest BCUT2D eigenvalue weighted by molar-refractivity contribution is 5.77. The fraction of sp³-hybridized carbons (Fsp3) is 0.846. The number of rotatable bonds is 4. The van der Waals surface area contributed by atoms with Crippen LogP contribution < -0.4 is 5.32 Å². The Kier molecular flexibility index (Phi) is 4.99. The molecule has 1 saturated heterocycles. The lowest BCUT2D eigenvalue weighted by molar-refractivity contribution is -0.147. The van der Waals surface area contributed by atoms with Crippen LogP contribution in [-0.4, -0.2) is 41.6 Å². The number of amides is 2. The largest absolute Gasteiger partial charge is 0.481 e. The highest BCUT2D eigenvalue weighted by Crippen LogP contribution is 2.20. The quantitative estimate of drug-likeness (QED) is 0.807. The van der Waals surface area contributed by atoms with E-state index in [2.05, 4.69) is 12.2 Å². The number of nitrogens with one attached hydrogen (secondary N) is 1. The number of carboxylic acids is 1. The van der Waals surface area contributed by atoms with Crippen LogP contribution in [0.5, 0.6) is 0 Å². The van der Waals surface area contributed by atoms with E-state index >= 15 is 0 Å². The van der Waals surface area contributed by atoms with E-state index in [0.29, 0.717) is 12.3 Å². The van der Waals surface area contributed by atoms with Gasteiger partial charge in [0.25, 0.3) is 0 Å². The normalized spacial score (nSPS) is 20.3. The zero-order valence-electron chi connectivity index (χ0n) is 11.5. The molecule has 0 aromatic carbocycles. The Labute approximate surface area is 109 Å². The van der Waals surface area contributed by atoms with Gasteiger partial charge in [0, 0.05) is 19.6 Å². The lowest BCUT2D eigenvalue weighted by Gasteiger charge is -2.32. The molecule has 0 aromatic heterocycles. The Balaban J connectivity index is 2.43. The number of aliphatic carboxylic acids is 1. The number of carbonyl (C=O) groups is 2. The molecule has 5 nitrogen and oxygen atoms in total. The molecule has 1 aliphatic rings. The van der Waals surface area contributed by atoms with Crippen LogP contribution in [0.2, 0.25) is 0 Å². The van der Waals surface area contributed by atoms with Gasteiger partial charge in [-0.25, -0.2) is 4.79 Å². The average molecular weight is 256 g/mol. The number of piperidine rings is 1. The smallest absolute Gasteiger partial charge is 0.317 e. The maximum Gasteiger partial charge on any atom is 0.317 e. The van der Waals surface area contributed by atoms with Crippen LogP contribution in [0.4, 0.5) is 4.79 Å². The van der Waals surface area contributed by atoms with Gasteiger partial charge in [0.05, 0.1) is 5.41 Å². The van der Waals surface area contributed by atoms with E-state index in [0.717, 1.165) is 25.9 Å². The van der Waals surface area contributed by atoms with Crippen molar-refractivity contribution in [2.45, 2.75) is 40.0 Å². The topological polar surface area (TPSA) is 69.6 Å². The summed E-state index contributed by atoms with van der Waals surface area (Å²) in [6, 6.07) is -0.136. The predicted octanol–water partition coefficient (Wildman–Crippen LogP) is 1.93. The molecule has 0 bridgehead atoms. The van der Waals surface area contributed by atoms with E-state index in [1.165, 1.54) is 0 Å². The molecular weight excluding hydrogens is 232 g/mol. The minimum absolute atomic E-state index is 0.136. The van der Waals surface area contributed by atoms with Crippen molar-refractivity contribution in [1.29, 1.82) is 0 Å². The van der Waals surface area contributed by atoms with Crippen LogP contribution in [0.25, 0.3) is 0 Å². The van der Waals surface area contributed by atoms with Crippen molar-refractivity contribution >= 4 is 12.0 Å². The number of likely N-dealkylation sites (tertiary alicyclic amines) is 1. The van der Waals surface area contributed by atoms with Gasteiger partial charge in [-0.05, 0) is 32.1 Å². The molecule has 18 heavy (non-hydrogen) atoms. The Hall–Kier alpha value is -1.26. The standard InChI is InChI=1S/C13H24N2O3/c1-4-13(3,11(16)17)9-14-12(18)15-7-5-10(2)6-8-15/h10H,4-9H2,1-3H3,(H,14,18)(H,16,17). The molecule has 1 unspecified atom stereocenters. The molecule has 2 amide bonds. The first-order valence-corrected chi connectivity index (χ1v) is 6.65. The maximum absolute atomic E-state index is 11.9. The van der Waals surface area contributed by atoms with Gasteiger partial charge in [0.2, 0.25) is 0 Å². The first kappa shape index (κ1) is 14.8. The van der Waals surface area contributed by atoms with Gasteiger partial charge >= 0.3 is 12.0 Å². The van der Waals surface area contributed by atoms with Crippen molar-refractivity contribution in [2.75, 3.05) is 19.6 Å². The minimum Gasteiger partial charge on any atom is -0.481 e. The van der Waals surface area contributed by atoms with E-state index < -0.39 is 11.4 Å². The van der Waals surface area contributed by atoms with E-state index in [-0.39, 0.29) is 12.6 Å². The first-order valence-electron chi connectivity index (χ1n) is 6.65. The van der Waals surface area contributed by atoms with E-state index in [9.17, 15) is 9.59 Å². The summed E-state index contributed by atoms with van der Waals surface area (Å²) in [7, 11) is 0. The summed E-state index contributed by atoms with van der Waals surface area (Å²) in [6.07, 6.45) is 2.55. The molecule has 0 aliphatic carbocycles. The van der Waals surface area contributed by atoms with Crippen LogP contribution in [0.1, 0.15) is 40.0 Å². The van der Waals surface area contributed by atoms with Crippen molar-refractivity contribution in [1.82, 2.24) is 10.2 Å². The van der Waals surface area contributed by atoms with Gasteiger partial charge < -0.3 is 15.3 Å². The molecule has 0 spiro atoms. The molecule has 1 atom stereocenters. The van der Waals surface area contributed by atoms with Gasteiger partial charge in [0.1, 0.15) is 0 Å². The lowest BCUT2D eigenvalue weighted by Crippen LogP contribution is -2.48. The SMILES string of the molecule is CCC(C)(CNC(=O)N1CCC(C)CC1)C(=O)O. The van der Waals surface area contributed by atoms with Gasteiger partial charge in [-0.3, -0.25) is 4.79 Å². The van der Waals surface area contributed by atoms with Crippen LogP contribution in [0, 0.1) is 11.3 Å². The monoisotopic (exact) mass is 256 g/mol. The molecular formula is C13H24N2O3. The van der Waals surface area contributed by atoms with Crippen molar-refractivity contribution in [3.05, 3.63) is 0 Å². The van der Waals surface area contributed by atoms with Crippen molar-refractivity contribution in [2.24, 2.45) is 11.3 Å². The summed E-state index contributed by atoms with van der Waals surface area (Å²) in [5.41, 5.74) is -0.876. The van der Waals surface area contributed by atoms with Crippen molar-refractivity contribution in [3.63, 3.8) is 0 Å². The Bertz CT molecular complexity index is 311. The summed E-state index contributed by atoms with van der Waals surface area (Å²) >= 11 is 0. The molecule has 0 radical (unpaired) electrons. The Morgan fingerprint density at radius 3 is 2.39 bits per heavy atom. The highest BCUT2D eigenvalue weighted by atomic mass is 16.4. The predicted molar refractivity (Wildman–Crippen MR) is 69.4 cm³/mol. The third-order valence-electron chi connectivity index (χ3n) is 4.00. The third kappa shape index (κ3) is 3.62. The van der Waals surface area contributed by atoms with Crippen molar-refractivity contribution < 1.29 is 14.7 Å². The molecule has 5 heteroatoms. The summed E-state index contributed by atoms with van der Waals surface area (Å²) < 4.78 is 0. The zero-order valence-corrected chi connectivity index (χ0v) is 11.5. The Morgan fingerprint density at radius 2 is 1.94 bits per heavy atom. The minimum atomic E-state index is -0.876. The number of carbonyl (C=O) groups excluding carboxylic acids is 1. The summed E-state index contributed by atoms with van der Waals surface area (Å²) in [4.78, 5) is 24.8. The third-order valence-corrected chi connectivity index (χ3v) is 4.00. The van der Waals surface area contributed by atoms with Gasteiger partial charge in [-0.15, -0.1) is 0 Å². The summed E-state index contributed by atoms with van der Waals surface area (Å²) in [5, 5.41) is 11.9. The second-order valence-electron chi connectivity index (χ2n) is 5.55. The van der Waals surface area contributed by atoms with Crippen molar-refractivity contribution in [3.8, 4) is 0 Å². The molecule has 1 aliphatic heterocycles. The van der Waals surface area contributed by atoms with Gasteiger partial charge in [0.15, 0.2) is 0 Å². The number of nitrogens with zero attached hydrogens (tertiary/aromatic N) is 1. The number of hydrogen-bond donors (Lipinski definition) is 2. The Morgan fingerprint density at radius 1 is 1.39 bits per heavy atom. The number of urea groups is 1. The van der Waals surface area contributed by atoms with Crippen LogP contribution in [0.15, 0.2) is 0 Å². The molecule has 1 heterocycles. The summed E-state index contributed by atoms with van der Waals surface area (Å²) in [6.45, 7) is 7.39. The number of carboxylic acid groups (broad SMARTS) is 1. The molecule has 2 N–H and O–H groups in total. The zero-order chi connectivity index (χ0) is 13.8. The number of hydrogen-bond acceptors (Lipinski definition) is 2. The van der Waals surface area contributed by atoms with Gasteiger partial charge in [-0.2, -0.15) is 0 Å². The van der Waals surface area contributed by atoms with Crippen LogP contribution in [-0.2, 0) is 4.79 Å². The lowest BCUT2D eigenvalue weighted by atomic mass is 9.88.